The monoisotopic (exact) mass is 709 g/mol. The molecule has 0 aromatic rings. The van der Waals surface area contributed by atoms with Crippen LogP contribution in [0.1, 0.15) is 133 Å². The Morgan fingerprint density at radius 3 is 2.02 bits per heavy atom. The van der Waals surface area contributed by atoms with Gasteiger partial charge in [0.25, 0.3) is 5.91 Å². The first-order valence-corrected chi connectivity index (χ1v) is 20.0. The molecule has 2 aliphatic carbocycles. The summed E-state index contributed by atoms with van der Waals surface area (Å²) in [5.41, 5.74) is -1.71. The average molecular weight is 710 g/mol. The maximum Gasteiger partial charge on any atom is 0.315 e. The van der Waals surface area contributed by atoms with Crippen molar-refractivity contribution in [1.29, 1.82) is 0 Å². The molecule has 1 heterocycles. The molecule has 4 N–H and O–H groups in total. The Labute approximate surface area is 294 Å². The van der Waals surface area contributed by atoms with E-state index in [2.05, 4.69) is 21.3 Å². The molecular formula is C36H63N5O7S. The summed E-state index contributed by atoms with van der Waals surface area (Å²) in [5.74, 6) is -2.63. The molecule has 3 aliphatic rings. The first kappa shape index (κ1) is 40.7. The van der Waals surface area contributed by atoms with E-state index < -0.39 is 73.2 Å². The lowest BCUT2D eigenvalue weighted by atomic mass is 9.83. The lowest BCUT2D eigenvalue weighted by Crippen LogP contribution is -2.64. The third kappa shape index (κ3) is 10.7. The molecule has 5 amide bonds. The summed E-state index contributed by atoms with van der Waals surface area (Å²) in [4.78, 5) is 69.7. The van der Waals surface area contributed by atoms with Gasteiger partial charge in [-0.3, -0.25) is 19.2 Å². The molecule has 3 rings (SSSR count). The fourth-order valence-electron chi connectivity index (χ4n) is 7.01. The van der Waals surface area contributed by atoms with E-state index in [-0.39, 0.29) is 23.6 Å². The van der Waals surface area contributed by atoms with Crippen molar-refractivity contribution in [2.45, 2.75) is 167 Å². The van der Waals surface area contributed by atoms with Crippen molar-refractivity contribution in [3.05, 3.63) is 0 Å². The second-order valence-electron chi connectivity index (χ2n) is 17.1. The van der Waals surface area contributed by atoms with Crippen LogP contribution in [0.2, 0.25) is 0 Å². The SMILES string of the molecule is CCCC[C@@H](NC(=O)[C@@H]1[C@@H](C(C)C)CCN1C(=O)[C@@H](NC(=O)NC1(CS(=O)(=O)C(C)(C)C)CCCCC1)C(C)(C)C)C(=O)C(=O)NC1CC1. The van der Waals surface area contributed by atoms with Gasteiger partial charge in [-0.25, -0.2) is 13.2 Å². The van der Waals surface area contributed by atoms with E-state index in [4.69, 9.17) is 0 Å². The third-order valence-electron chi connectivity index (χ3n) is 10.4. The number of rotatable bonds is 14. The summed E-state index contributed by atoms with van der Waals surface area (Å²) in [7, 11) is -3.56. The highest BCUT2D eigenvalue weighted by Gasteiger charge is 2.49. The molecule has 0 spiro atoms. The highest BCUT2D eigenvalue weighted by atomic mass is 32.2. The zero-order chi connectivity index (χ0) is 36.9. The summed E-state index contributed by atoms with van der Waals surface area (Å²) in [5, 5.41) is 11.5. The lowest BCUT2D eigenvalue weighted by molar-refractivity contribution is -0.145. The molecule has 280 valence electrons. The number of amides is 5. The van der Waals surface area contributed by atoms with Crippen LogP contribution >= 0.6 is 0 Å². The van der Waals surface area contributed by atoms with Gasteiger partial charge in [0, 0.05) is 12.6 Å². The van der Waals surface area contributed by atoms with Crippen LogP contribution in [0.5, 0.6) is 0 Å². The van der Waals surface area contributed by atoms with Gasteiger partial charge >= 0.3 is 6.03 Å². The third-order valence-corrected chi connectivity index (χ3v) is 13.2. The average Bonchev–Trinajstić information content (AvgIpc) is 3.68. The van der Waals surface area contributed by atoms with Crippen molar-refractivity contribution >= 4 is 39.4 Å². The minimum atomic E-state index is -3.56. The van der Waals surface area contributed by atoms with Gasteiger partial charge in [0.2, 0.25) is 17.6 Å². The van der Waals surface area contributed by atoms with Crippen LogP contribution in [-0.2, 0) is 29.0 Å². The number of likely N-dealkylation sites (tertiary alicyclic amines) is 1. The zero-order valence-corrected chi connectivity index (χ0v) is 32.2. The normalized spacial score (nSPS) is 22.6. The number of urea groups is 1. The fourth-order valence-corrected chi connectivity index (χ4v) is 8.53. The van der Waals surface area contributed by atoms with Gasteiger partial charge in [-0.15, -0.1) is 0 Å². The molecule has 49 heavy (non-hydrogen) atoms. The number of Topliss-reactive ketones (excluding diaryl/α,β-unsaturated/α-hetero) is 1. The number of nitrogens with one attached hydrogen (secondary N) is 4. The van der Waals surface area contributed by atoms with Gasteiger partial charge in [0.1, 0.15) is 12.1 Å². The largest absolute Gasteiger partial charge is 0.347 e. The smallest absolute Gasteiger partial charge is 0.315 e. The fraction of sp³-hybridized carbons (Fsp3) is 0.861. The van der Waals surface area contributed by atoms with Gasteiger partial charge in [-0.05, 0) is 76.5 Å². The van der Waals surface area contributed by atoms with Crippen LogP contribution in [0.15, 0.2) is 0 Å². The number of hydrogen-bond acceptors (Lipinski definition) is 7. The Morgan fingerprint density at radius 2 is 1.51 bits per heavy atom. The first-order valence-electron chi connectivity index (χ1n) is 18.4. The summed E-state index contributed by atoms with van der Waals surface area (Å²) in [6, 6.07) is -3.55. The van der Waals surface area contributed by atoms with Crippen molar-refractivity contribution in [1.82, 2.24) is 26.2 Å². The maximum atomic E-state index is 14.4. The Bertz CT molecular complexity index is 1320. The highest BCUT2D eigenvalue weighted by molar-refractivity contribution is 7.92. The zero-order valence-electron chi connectivity index (χ0n) is 31.4. The minimum Gasteiger partial charge on any atom is -0.347 e. The summed E-state index contributed by atoms with van der Waals surface area (Å²) in [6.45, 7) is 16.7. The topological polar surface area (TPSA) is 171 Å². The standard InChI is InChI=1S/C36H63N5O7S/c1-10-11-15-26(28(42)31(44)37-24-16-17-24)38-30(43)27-25(23(2)3)18-21-41(27)32(45)29(34(4,5)6)39-33(46)40-36(19-13-12-14-20-36)22-49(47,48)35(7,8)9/h23-27,29H,10-22H2,1-9H3,(H,37,44)(H,38,43)(H2,39,40,46)/t25-,26-,27+,29-/m1/s1. The van der Waals surface area contributed by atoms with Gasteiger partial charge in [-0.2, -0.15) is 0 Å². The van der Waals surface area contributed by atoms with Gasteiger partial charge in [0.05, 0.1) is 22.1 Å². The van der Waals surface area contributed by atoms with Crippen LogP contribution in [0.3, 0.4) is 0 Å². The highest BCUT2D eigenvalue weighted by Crippen LogP contribution is 2.35. The van der Waals surface area contributed by atoms with Crippen molar-refractivity contribution in [3.8, 4) is 0 Å². The second-order valence-corrected chi connectivity index (χ2v) is 19.8. The number of carbonyl (C=O) groups is 5. The van der Waals surface area contributed by atoms with Crippen molar-refractivity contribution in [3.63, 3.8) is 0 Å². The summed E-state index contributed by atoms with van der Waals surface area (Å²) >= 11 is 0. The van der Waals surface area contributed by atoms with Crippen LogP contribution in [-0.4, -0.2) is 89.6 Å². The summed E-state index contributed by atoms with van der Waals surface area (Å²) in [6.07, 6.45) is 7.51. The molecule has 2 saturated carbocycles. The number of carbonyl (C=O) groups excluding carboxylic acids is 5. The molecule has 1 aliphatic heterocycles. The molecule has 4 atom stereocenters. The predicted octanol–water partition coefficient (Wildman–Crippen LogP) is 4.01. The van der Waals surface area contributed by atoms with E-state index in [1.54, 1.807) is 20.8 Å². The number of hydrogen-bond donors (Lipinski definition) is 4. The van der Waals surface area contributed by atoms with Crippen molar-refractivity contribution in [2.75, 3.05) is 12.3 Å². The molecule has 0 aromatic carbocycles. The van der Waals surface area contributed by atoms with Crippen LogP contribution in [0, 0.1) is 17.3 Å². The Balaban J connectivity index is 1.85. The van der Waals surface area contributed by atoms with E-state index in [1.807, 2.05) is 41.5 Å². The van der Waals surface area contributed by atoms with Crippen LogP contribution in [0.25, 0.3) is 0 Å². The van der Waals surface area contributed by atoms with Crippen LogP contribution < -0.4 is 21.3 Å². The second kappa shape index (κ2) is 16.1. The Kier molecular flexibility index (Phi) is 13.4. The van der Waals surface area contributed by atoms with E-state index in [1.165, 1.54) is 4.90 Å². The Hall–Kier alpha value is -2.70. The predicted molar refractivity (Wildman–Crippen MR) is 190 cm³/mol. The number of ketones is 1. The molecule has 12 nitrogen and oxygen atoms in total. The lowest BCUT2D eigenvalue weighted by Gasteiger charge is -2.41. The first-order chi connectivity index (χ1) is 22.6. The van der Waals surface area contributed by atoms with E-state index in [0.29, 0.717) is 38.6 Å². The molecule has 3 fully saturated rings. The number of nitrogens with zero attached hydrogens (tertiary/aromatic N) is 1. The molecule has 0 unspecified atom stereocenters. The molecule has 1 saturated heterocycles. The minimum absolute atomic E-state index is 0.00200. The van der Waals surface area contributed by atoms with E-state index in [9.17, 15) is 32.4 Å². The maximum absolute atomic E-state index is 14.4. The van der Waals surface area contributed by atoms with E-state index in [0.717, 1.165) is 38.5 Å². The van der Waals surface area contributed by atoms with Gasteiger partial charge in [0.15, 0.2) is 9.84 Å². The van der Waals surface area contributed by atoms with E-state index >= 15 is 0 Å². The quantitative estimate of drug-likeness (QED) is 0.198. The van der Waals surface area contributed by atoms with Crippen LogP contribution in [0.4, 0.5) is 4.79 Å². The van der Waals surface area contributed by atoms with Crippen molar-refractivity contribution < 1.29 is 32.4 Å². The molecule has 0 radical (unpaired) electrons. The van der Waals surface area contributed by atoms with Gasteiger partial charge in [-0.1, -0.05) is 73.6 Å². The van der Waals surface area contributed by atoms with Gasteiger partial charge < -0.3 is 26.2 Å². The molecular weight excluding hydrogens is 646 g/mol. The Morgan fingerprint density at radius 1 is 0.898 bits per heavy atom. The number of unbranched alkanes of at least 4 members (excludes halogenated alkanes) is 1. The summed E-state index contributed by atoms with van der Waals surface area (Å²) < 4.78 is 25.6. The molecule has 13 heteroatoms. The van der Waals surface area contributed by atoms with Crippen molar-refractivity contribution in [2.24, 2.45) is 17.3 Å². The molecule has 0 aromatic heterocycles. The molecule has 0 bridgehead atoms. The number of sulfone groups is 1.